The fourth-order valence-electron chi connectivity index (χ4n) is 1.79. The lowest BCUT2D eigenvalue weighted by Gasteiger charge is -2.09. The van der Waals surface area contributed by atoms with Gasteiger partial charge in [-0.2, -0.15) is 0 Å². The largest absolute Gasteiger partial charge is 0.505 e. The van der Waals surface area contributed by atoms with Crippen LogP contribution in [0, 0.1) is 0 Å². The zero-order chi connectivity index (χ0) is 13.1. The highest BCUT2D eigenvalue weighted by Crippen LogP contribution is 2.30. The summed E-state index contributed by atoms with van der Waals surface area (Å²) in [4.78, 5) is 10.8. The van der Waals surface area contributed by atoms with E-state index in [0.29, 0.717) is 12.0 Å². The molecule has 0 amide bonds. The Labute approximate surface area is 104 Å². The van der Waals surface area contributed by atoms with Gasteiger partial charge in [-0.05, 0) is 23.6 Å². The summed E-state index contributed by atoms with van der Waals surface area (Å²) in [5.41, 5.74) is 7.46. The molecule has 0 aliphatic rings. The number of hydrogen-bond acceptors (Lipinski definition) is 3. The first-order valence-electron chi connectivity index (χ1n) is 5.47. The van der Waals surface area contributed by atoms with Crippen LogP contribution in [0.1, 0.15) is 21.5 Å². The number of carboxylic acids is 1. The van der Waals surface area contributed by atoms with Crippen LogP contribution < -0.4 is 5.73 Å². The second-order valence-corrected chi connectivity index (χ2v) is 4.00. The number of benzene rings is 2. The van der Waals surface area contributed by atoms with Crippen molar-refractivity contribution in [3.05, 3.63) is 59.2 Å². The number of phenols is 1. The van der Waals surface area contributed by atoms with E-state index in [2.05, 4.69) is 0 Å². The molecule has 2 rings (SSSR count). The van der Waals surface area contributed by atoms with E-state index in [-0.39, 0.29) is 17.0 Å². The topological polar surface area (TPSA) is 83.6 Å². The molecule has 0 radical (unpaired) electrons. The number of carbonyl (C=O) groups is 1. The zero-order valence-corrected chi connectivity index (χ0v) is 9.63. The molecular formula is C14H13NO3. The van der Waals surface area contributed by atoms with Crippen LogP contribution in [0.3, 0.4) is 0 Å². The molecule has 0 bridgehead atoms. The Bertz CT molecular complexity index is 579. The van der Waals surface area contributed by atoms with Crippen LogP contribution in [0.4, 0.5) is 5.69 Å². The van der Waals surface area contributed by atoms with E-state index in [4.69, 9.17) is 10.8 Å². The van der Waals surface area contributed by atoms with Gasteiger partial charge in [-0.3, -0.25) is 0 Å². The maximum Gasteiger partial charge on any atom is 0.339 e. The lowest BCUT2D eigenvalue weighted by atomic mass is 10.0. The van der Waals surface area contributed by atoms with Crippen molar-refractivity contribution in [2.24, 2.45) is 0 Å². The second kappa shape index (κ2) is 4.79. The van der Waals surface area contributed by atoms with Gasteiger partial charge in [0.1, 0.15) is 5.56 Å². The molecule has 0 aromatic heterocycles. The number of anilines is 1. The van der Waals surface area contributed by atoms with E-state index in [9.17, 15) is 9.90 Å². The minimum absolute atomic E-state index is 0.124. The maximum atomic E-state index is 10.8. The number of nitrogen functional groups attached to an aromatic ring is 1. The summed E-state index contributed by atoms with van der Waals surface area (Å²) in [6.07, 6.45) is 0.556. The third-order valence-corrected chi connectivity index (χ3v) is 2.78. The quantitative estimate of drug-likeness (QED) is 0.570. The molecule has 4 N–H and O–H groups in total. The normalized spacial score (nSPS) is 10.2. The van der Waals surface area contributed by atoms with E-state index >= 15 is 0 Å². The van der Waals surface area contributed by atoms with E-state index in [1.807, 2.05) is 30.3 Å². The Balaban J connectivity index is 2.36. The fraction of sp³-hybridized carbons (Fsp3) is 0.0714. The average molecular weight is 243 g/mol. The molecule has 2 aromatic rings. The van der Waals surface area contributed by atoms with Crippen LogP contribution in [0.25, 0.3) is 0 Å². The average Bonchev–Trinajstić information content (AvgIpc) is 2.36. The number of nitrogens with two attached hydrogens (primary N) is 1. The number of aromatic carboxylic acids is 1. The third kappa shape index (κ3) is 2.27. The molecule has 0 heterocycles. The van der Waals surface area contributed by atoms with Gasteiger partial charge in [0.15, 0.2) is 5.75 Å². The Hall–Kier alpha value is -2.49. The molecule has 18 heavy (non-hydrogen) atoms. The molecule has 0 aliphatic carbocycles. The first kappa shape index (κ1) is 12.0. The van der Waals surface area contributed by atoms with Gasteiger partial charge in [-0.25, -0.2) is 4.79 Å². The summed E-state index contributed by atoms with van der Waals surface area (Å²) in [6, 6.07) is 12.6. The molecule has 0 fully saturated rings. The lowest BCUT2D eigenvalue weighted by molar-refractivity contribution is 0.0694. The standard InChI is InChI=1S/C14H13NO3/c15-12-10(8-9-4-2-1-3-5-9)6-7-11(13(12)16)14(17)18/h1-7,16H,8,15H2,(H,17,18). The number of rotatable bonds is 3. The van der Waals surface area contributed by atoms with Crippen LogP contribution in [0.2, 0.25) is 0 Å². The number of aromatic hydroxyl groups is 1. The molecule has 0 atom stereocenters. The second-order valence-electron chi connectivity index (χ2n) is 4.00. The van der Waals surface area contributed by atoms with Crippen molar-refractivity contribution in [2.75, 3.05) is 5.73 Å². The SMILES string of the molecule is Nc1c(Cc2ccccc2)ccc(C(=O)O)c1O. The van der Waals surface area contributed by atoms with Gasteiger partial charge in [0.05, 0.1) is 5.69 Å². The van der Waals surface area contributed by atoms with Crippen molar-refractivity contribution in [3.8, 4) is 5.75 Å². The van der Waals surface area contributed by atoms with E-state index in [1.54, 1.807) is 6.07 Å². The molecule has 0 saturated carbocycles. The Morgan fingerprint density at radius 1 is 1.11 bits per heavy atom. The van der Waals surface area contributed by atoms with Gasteiger partial charge in [0.2, 0.25) is 0 Å². The van der Waals surface area contributed by atoms with Gasteiger partial charge >= 0.3 is 5.97 Å². The van der Waals surface area contributed by atoms with Crippen LogP contribution in [-0.4, -0.2) is 16.2 Å². The van der Waals surface area contributed by atoms with E-state index in [1.165, 1.54) is 6.07 Å². The van der Waals surface area contributed by atoms with Crippen molar-refractivity contribution in [1.82, 2.24) is 0 Å². The van der Waals surface area contributed by atoms with E-state index < -0.39 is 5.97 Å². The van der Waals surface area contributed by atoms with Gasteiger partial charge in [-0.15, -0.1) is 0 Å². The predicted octanol–water partition coefficient (Wildman–Crippen LogP) is 2.26. The highest BCUT2D eigenvalue weighted by Gasteiger charge is 2.14. The first-order valence-corrected chi connectivity index (χ1v) is 5.47. The van der Waals surface area contributed by atoms with Gasteiger partial charge in [0, 0.05) is 0 Å². The highest BCUT2D eigenvalue weighted by atomic mass is 16.4. The molecule has 4 heteroatoms. The molecule has 2 aromatic carbocycles. The molecule has 0 spiro atoms. The summed E-state index contributed by atoms with van der Waals surface area (Å²) in [6.45, 7) is 0. The number of hydrogen-bond donors (Lipinski definition) is 3. The molecule has 92 valence electrons. The van der Waals surface area contributed by atoms with Crippen molar-refractivity contribution in [3.63, 3.8) is 0 Å². The highest BCUT2D eigenvalue weighted by molar-refractivity contribution is 5.93. The third-order valence-electron chi connectivity index (χ3n) is 2.78. The monoisotopic (exact) mass is 243 g/mol. The lowest BCUT2D eigenvalue weighted by Crippen LogP contribution is -2.03. The van der Waals surface area contributed by atoms with Crippen LogP contribution >= 0.6 is 0 Å². The minimum atomic E-state index is -1.19. The first-order chi connectivity index (χ1) is 8.59. The van der Waals surface area contributed by atoms with Gasteiger partial charge in [0.25, 0.3) is 0 Å². The smallest absolute Gasteiger partial charge is 0.339 e. The predicted molar refractivity (Wildman–Crippen MR) is 68.7 cm³/mol. The summed E-state index contributed by atoms with van der Waals surface area (Å²) in [5, 5.41) is 18.6. The summed E-state index contributed by atoms with van der Waals surface area (Å²) < 4.78 is 0. The van der Waals surface area contributed by atoms with Crippen molar-refractivity contribution >= 4 is 11.7 Å². The molecule has 4 nitrogen and oxygen atoms in total. The van der Waals surface area contributed by atoms with Gasteiger partial charge < -0.3 is 15.9 Å². The Morgan fingerprint density at radius 3 is 2.39 bits per heavy atom. The van der Waals surface area contributed by atoms with Gasteiger partial charge in [-0.1, -0.05) is 36.4 Å². The van der Waals surface area contributed by atoms with Crippen LogP contribution in [0.15, 0.2) is 42.5 Å². The fourth-order valence-corrected chi connectivity index (χ4v) is 1.79. The van der Waals surface area contributed by atoms with Crippen molar-refractivity contribution in [2.45, 2.75) is 6.42 Å². The van der Waals surface area contributed by atoms with Crippen molar-refractivity contribution in [1.29, 1.82) is 0 Å². The minimum Gasteiger partial charge on any atom is -0.505 e. The Morgan fingerprint density at radius 2 is 1.78 bits per heavy atom. The molecule has 0 saturated heterocycles. The van der Waals surface area contributed by atoms with Crippen LogP contribution in [0.5, 0.6) is 5.75 Å². The summed E-state index contributed by atoms with van der Waals surface area (Å²) in [7, 11) is 0. The Kier molecular flexibility index (Phi) is 3.19. The van der Waals surface area contributed by atoms with Crippen LogP contribution in [-0.2, 0) is 6.42 Å². The maximum absolute atomic E-state index is 10.8. The summed E-state index contributed by atoms with van der Waals surface area (Å²) >= 11 is 0. The molecular weight excluding hydrogens is 230 g/mol. The number of carboxylic acid groups (broad SMARTS) is 1. The van der Waals surface area contributed by atoms with E-state index in [0.717, 1.165) is 5.56 Å². The summed E-state index contributed by atoms with van der Waals surface area (Å²) in [5.74, 6) is -1.55. The molecule has 0 aliphatic heterocycles. The molecule has 0 unspecified atom stereocenters. The zero-order valence-electron chi connectivity index (χ0n) is 9.63. The van der Waals surface area contributed by atoms with Crippen molar-refractivity contribution < 1.29 is 15.0 Å².